The van der Waals surface area contributed by atoms with Gasteiger partial charge in [0.05, 0.1) is 32.7 Å². The number of carbonyl (C=O) groups is 1. The summed E-state index contributed by atoms with van der Waals surface area (Å²) in [5, 5.41) is 8.95. The van der Waals surface area contributed by atoms with Crippen molar-refractivity contribution in [2.75, 3.05) is 20.0 Å². The van der Waals surface area contributed by atoms with Crippen LogP contribution in [0.15, 0.2) is 58.7 Å². The molecule has 0 unspecified atom stereocenters. The van der Waals surface area contributed by atoms with Crippen molar-refractivity contribution in [3.8, 4) is 11.5 Å². The number of thioether (sulfide) groups is 1. The van der Waals surface area contributed by atoms with Gasteiger partial charge in [-0.05, 0) is 47.5 Å². The van der Waals surface area contributed by atoms with Crippen LogP contribution in [-0.2, 0) is 11.3 Å². The molecular weight excluding hydrogens is 350 g/mol. The van der Waals surface area contributed by atoms with Crippen LogP contribution in [0.2, 0.25) is 0 Å². The lowest BCUT2D eigenvalue weighted by atomic mass is 10.2. The fourth-order valence-corrected chi connectivity index (χ4v) is 3.21. The first-order valence-electron chi connectivity index (χ1n) is 8.01. The zero-order valence-electron chi connectivity index (χ0n) is 14.6. The largest absolute Gasteiger partial charge is 0.497 e. The van der Waals surface area contributed by atoms with Crippen LogP contribution in [0.25, 0.3) is 0 Å². The molecule has 0 aliphatic carbocycles. The molecule has 3 rings (SSSR count). The number of ether oxygens (including phenoxy) is 2. The number of carbonyl (C=O) groups excluding carboxylic acids is 1. The summed E-state index contributed by atoms with van der Waals surface area (Å²) in [7, 11) is 3.25. The molecule has 0 bridgehead atoms. The summed E-state index contributed by atoms with van der Waals surface area (Å²) >= 11 is 1.39. The third-order valence-corrected chi connectivity index (χ3v) is 4.77. The Labute approximate surface area is 156 Å². The van der Waals surface area contributed by atoms with Crippen LogP contribution in [0.3, 0.4) is 0 Å². The lowest BCUT2D eigenvalue weighted by Gasteiger charge is -2.15. The third kappa shape index (κ3) is 4.43. The van der Waals surface area contributed by atoms with Gasteiger partial charge in [0, 0.05) is 0 Å². The maximum atomic E-state index is 12.1. The van der Waals surface area contributed by atoms with E-state index < -0.39 is 0 Å². The quantitative estimate of drug-likeness (QED) is 0.580. The SMILES string of the molecule is COc1ccc(/C=N\N=C2/SCC(=O)N2Cc2ccc(OC)cc2)cc1. The second-order valence-corrected chi connectivity index (χ2v) is 6.46. The van der Waals surface area contributed by atoms with E-state index in [0.717, 1.165) is 22.6 Å². The first-order chi connectivity index (χ1) is 12.7. The summed E-state index contributed by atoms with van der Waals surface area (Å²) in [6, 6.07) is 15.1. The van der Waals surface area contributed by atoms with E-state index in [9.17, 15) is 4.79 Å². The second-order valence-electron chi connectivity index (χ2n) is 5.52. The molecule has 2 aromatic rings. The zero-order valence-corrected chi connectivity index (χ0v) is 15.4. The molecule has 1 amide bonds. The van der Waals surface area contributed by atoms with Crippen molar-refractivity contribution < 1.29 is 14.3 Å². The normalized spacial score (nSPS) is 15.8. The summed E-state index contributed by atoms with van der Waals surface area (Å²) in [4.78, 5) is 13.8. The zero-order chi connectivity index (χ0) is 18.4. The molecule has 1 fully saturated rings. The van der Waals surface area contributed by atoms with Crippen molar-refractivity contribution in [2.24, 2.45) is 10.2 Å². The van der Waals surface area contributed by atoms with Gasteiger partial charge in [-0.3, -0.25) is 9.69 Å². The Bertz CT molecular complexity index is 817. The van der Waals surface area contributed by atoms with Crippen LogP contribution in [0.4, 0.5) is 0 Å². The molecule has 0 atom stereocenters. The highest BCUT2D eigenvalue weighted by Crippen LogP contribution is 2.23. The number of rotatable bonds is 6. The predicted molar refractivity (Wildman–Crippen MR) is 104 cm³/mol. The molecule has 1 heterocycles. The minimum absolute atomic E-state index is 0.0317. The first-order valence-corrected chi connectivity index (χ1v) is 8.99. The highest BCUT2D eigenvalue weighted by molar-refractivity contribution is 8.15. The van der Waals surface area contributed by atoms with E-state index in [2.05, 4.69) is 10.2 Å². The van der Waals surface area contributed by atoms with Gasteiger partial charge in [0.1, 0.15) is 11.5 Å². The summed E-state index contributed by atoms with van der Waals surface area (Å²) < 4.78 is 10.3. The minimum Gasteiger partial charge on any atom is -0.497 e. The summed E-state index contributed by atoms with van der Waals surface area (Å²) in [6.45, 7) is 0.465. The molecular formula is C19H19N3O3S. The lowest BCUT2D eigenvalue weighted by Crippen LogP contribution is -2.28. The Morgan fingerprint density at radius 3 is 2.27 bits per heavy atom. The van der Waals surface area contributed by atoms with Crippen molar-refractivity contribution in [3.63, 3.8) is 0 Å². The minimum atomic E-state index is 0.0317. The van der Waals surface area contributed by atoms with Crippen LogP contribution in [0, 0.1) is 0 Å². The Kier molecular flexibility index (Phi) is 5.91. The molecule has 2 aromatic carbocycles. The lowest BCUT2D eigenvalue weighted by molar-refractivity contribution is -0.124. The van der Waals surface area contributed by atoms with Gasteiger partial charge >= 0.3 is 0 Å². The molecule has 1 saturated heterocycles. The van der Waals surface area contributed by atoms with E-state index in [1.807, 2.05) is 48.5 Å². The van der Waals surface area contributed by atoms with Gasteiger partial charge in [-0.25, -0.2) is 0 Å². The van der Waals surface area contributed by atoms with Gasteiger partial charge in [0.15, 0.2) is 5.17 Å². The topological polar surface area (TPSA) is 63.5 Å². The number of methoxy groups -OCH3 is 2. The number of nitrogens with zero attached hydrogens (tertiary/aromatic N) is 3. The second kappa shape index (κ2) is 8.53. The van der Waals surface area contributed by atoms with Crippen LogP contribution >= 0.6 is 11.8 Å². The van der Waals surface area contributed by atoms with E-state index in [0.29, 0.717) is 17.5 Å². The van der Waals surface area contributed by atoms with Gasteiger partial charge in [-0.2, -0.15) is 5.10 Å². The van der Waals surface area contributed by atoms with Crippen molar-refractivity contribution >= 4 is 29.1 Å². The molecule has 1 aliphatic rings. The number of hydrogen-bond donors (Lipinski definition) is 0. The van der Waals surface area contributed by atoms with E-state index in [4.69, 9.17) is 9.47 Å². The van der Waals surface area contributed by atoms with Gasteiger partial charge in [0.2, 0.25) is 5.91 Å². The smallest absolute Gasteiger partial charge is 0.239 e. The van der Waals surface area contributed by atoms with Crippen molar-refractivity contribution in [2.45, 2.75) is 6.54 Å². The van der Waals surface area contributed by atoms with Gasteiger partial charge in [-0.15, -0.1) is 5.10 Å². The molecule has 134 valence electrons. The molecule has 0 spiro atoms. The fraction of sp³-hybridized carbons (Fsp3) is 0.211. The van der Waals surface area contributed by atoms with Crippen molar-refractivity contribution in [1.29, 1.82) is 0 Å². The molecule has 0 aromatic heterocycles. The highest BCUT2D eigenvalue weighted by Gasteiger charge is 2.28. The monoisotopic (exact) mass is 369 g/mol. The van der Waals surface area contributed by atoms with Gasteiger partial charge in [-0.1, -0.05) is 23.9 Å². The molecule has 0 radical (unpaired) electrons. The van der Waals surface area contributed by atoms with Crippen LogP contribution in [0.1, 0.15) is 11.1 Å². The Balaban J connectivity index is 1.69. The maximum Gasteiger partial charge on any atom is 0.239 e. The third-order valence-electron chi connectivity index (χ3n) is 3.82. The van der Waals surface area contributed by atoms with Crippen LogP contribution in [-0.4, -0.2) is 42.2 Å². The van der Waals surface area contributed by atoms with Crippen LogP contribution in [0.5, 0.6) is 11.5 Å². The Morgan fingerprint density at radius 2 is 1.65 bits per heavy atom. The molecule has 0 saturated carbocycles. The summed E-state index contributed by atoms with van der Waals surface area (Å²) in [5.41, 5.74) is 1.92. The molecule has 6 nitrogen and oxygen atoms in total. The summed E-state index contributed by atoms with van der Waals surface area (Å²) in [6.07, 6.45) is 1.65. The van der Waals surface area contributed by atoms with Crippen molar-refractivity contribution in [3.05, 3.63) is 59.7 Å². The average Bonchev–Trinajstić information content (AvgIpc) is 3.03. The number of benzene rings is 2. The van der Waals surface area contributed by atoms with Crippen molar-refractivity contribution in [1.82, 2.24) is 4.90 Å². The number of amidine groups is 1. The number of hydrogen-bond acceptors (Lipinski definition) is 6. The van der Waals surface area contributed by atoms with E-state index in [1.54, 1.807) is 25.3 Å². The first kappa shape index (κ1) is 18.0. The number of amides is 1. The molecule has 26 heavy (non-hydrogen) atoms. The van der Waals surface area contributed by atoms with E-state index in [-0.39, 0.29) is 5.91 Å². The van der Waals surface area contributed by atoms with Crippen LogP contribution < -0.4 is 9.47 Å². The average molecular weight is 369 g/mol. The maximum absolute atomic E-state index is 12.1. The summed E-state index contributed by atoms with van der Waals surface area (Å²) in [5.74, 6) is 1.99. The van der Waals surface area contributed by atoms with E-state index >= 15 is 0 Å². The standard InChI is InChI=1S/C19H19N3O3S/c1-24-16-7-3-14(4-8-16)11-20-21-19-22(18(23)13-26-19)12-15-5-9-17(25-2)10-6-15/h3-11H,12-13H2,1-2H3/b20-11-,21-19-. The predicted octanol–water partition coefficient (Wildman–Crippen LogP) is 3.17. The highest BCUT2D eigenvalue weighted by atomic mass is 32.2. The molecule has 7 heteroatoms. The Morgan fingerprint density at radius 1 is 1.04 bits per heavy atom. The molecule has 1 aliphatic heterocycles. The fourth-order valence-electron chi connectivity index (χ4n) is 2.38. The van der Waals surface area contributed by atoms with Gasteiger partial charge < -0.3 is 9.47 Å². The van der Waals surface area contributed by atoms with Gasteiger partial charge in [0.25, 0.3) is 0 Å². The van der Waals surface area contributed by atoms with E-state index in [1.165, 1.54) is 11.8 Å². The molecule has 0 N–H and O–H groups in total. The Hall–Kier alpha value is -2.80.